The van der Waals surface area contributed by atoms with E-state index in [1.165, 1.54) is 6.92 Å². The number of carbonyl (C=O) groups is 1. The molecule has 66 valence electrons. The van der Waals surface area contributed by atoms with Crippen LogP contribution in [0.25, 0.3) is 0 Å². The summed E-state index contributed by atoms with van der Waals surface area (Å²) in [7, 11) is 0. The van der Waals surface area contributed by atoms with Gasteiger partial charge in [-0.05, 0) is 6.92 Å². The zero-order chi connectivity index (χ0) is 8.97. The highest BCUT2D eigenvalue weighted by atomic mass is 16.1. The maximum atomic E-state index is 10.9. The van der Waals surface area contributed by atoms with Gasteiger partial charge in [-0.1, -0.05) is 0 Å². The molecule has 0 aromatic carbocycles. The summed E-state index contributed by atoms with van der Waals surface area (Å²) in [6.45, 7) is 1.50. The molecular formula is C7H12N4O. The van der Waals surface area contributed by atoms with E-state index in [2.05, 4.69) is 15.4 Å². The van der Waals surface area contributed by atoms with Gasteiger partial charge in [-0.15, -0.1) is 0 Å². The third-order valence-electron chi connectivity index (χ3n) is 1.67. The van der Waals surface area contributed by atoms with Crippen molar-refractivity contribution >= 4 is 5.78 Å². The van der Waals surface area contributed by atoms with E-state index in [1.807, 2.05) is 0 Å². The van der Waals surface area contributed by atoms with Crippen LogP contribution in [-0.2, 0) is 11.2 Å². The number of nitrogens with two attached hydrogens (primary N) is 1. The molecule has 5 nitrogen and oxygen atoms in total. The largest absolute Gasteiger partial charge is 0.348 e. The van der Waals surface area contributed by atoms with E-state index in [0.717, 1.165) is 5.69 Å². The summed E-state index contributed by atoms with van der Waals surface area (Å²) in [5.41, 5.74) is 3.34. The first kappa shape index (κ1) is 8.89. The molecule has 1 rings (SSSR count). The van der Waals surface area contributed by atoms with Gasteiger partial charge in [0.1, 0.15) is 5.78 Å². The Hall–Kier alpha value is -1.20. The molecule has 0 radical (unpaired) electrons. The zero-order valence-corrected chi connectivity index (χ0v) is 6.87. The summed E-state index contributed by atoms with van der Waals surface area (Å²) < 4.78 is 0. The van der Waals surface area contributed by atoms with Crippen molar-refractivity contribution in [2.75, 3.05) is 0 Å². The van der Waals surface area contributed by atoms with E-state index in [0.29, 0.717) is 6.42 Å². The predicted molar refractivity (Wildman–Crippen MR) is 44.1 cm³/mol. The Bertz CT molecular complexity index is 244. The topological polar surface area (TPSA) is 83.8 Å². The molecule has 1 aromatic rings. The third-order valence-corrected chi connectivity index (χ3v) is 1.67. The van der Waals surface area contributed by atoms with Gasteiger partial charge in [0.25, 0.3) is 0 Å². The summed E-state index contributed by atoms with van der Waals surface area (Å²) in [4.78, 5) is 17.7. The minimum absolute atomic E-state index is 0.0205. The van der Waals surface area contributed by atoms with Crippen molar-refractivity contribution in [1.82, 2.24) is 15.4 Å². The van der Waals surface area contributed by atoms with Crippen LogP contribution < -0.4 is 11.3 Å². The number of aromatic nitrogens is 2. The number of Topliss-reactive ketones (excluding diaryl/α,β-unsaturated/α-hetero) is 1. The molecule has 0 aliphatic carbocycles. The number of imidazole rings is 1. The number of nitrogens with one attached hydrogen (secondary N) is 2. The quantitative estimate of drug-likeness (QED) is 0.413. The van der Waals surface area contributed by atoms with Gasteiger partial charge in [0.15, 0.2) is 0 Å². The molecule has 1 aromatic heterocycles. The second kappa shape index (κ2) is 3.99. The fraction of sp³-hybridized carbons (Fsp3) is 0.429. The molecular weight excluding hydrogens is 156 g/mol. The predicted octanol–water partition coefficient (Wildman–Crippen LogP) is -0.627. The van der Waals surface area contributed by atoms with Crippen molar-refractivity contribution in [3.05, 3.63) is 18.2 Å². The maximum absolute atomic E-state index is 10.9. The van der Waals surface area contributed by atoms with Crippen molar-refractivity contribution in [3.63, 3.8) is 0 Å². The number of hydrazine groups is 1. The molecule has 0 bridgehead atoms. The van der Waals surface area contributed by atoms with Crippen LogP contribution >= 0.6 is 0 Å². The van der Waals surface area contributed by atoms with Crippen molar-refractivity contribution in [3.8, 4) is 0 Å². The first-order valence-corrected chi connectivity index (χ1v) is 3.68. The molecule has 12 heavy (non-hydrogen) atoms. The Labute approximate surface area is 70.3 Å². The van der Waals surface area contributed by atoms with Gasteiger partial charge in [-0.25, -0.2) is 10.4 Å². The summed E-state index contributed by atoms with van der Waals surface area (Å²) in [5.74, 6) is 5.21. The van der Waals surface area contributed by atoms with E-state index in [9.17, 15) is 4.79 Å². The first-order valence-electron chi connectivity index (χ1n) is 3.68. The SMILES string of the molecule is CC(=O)[C@H](Cc1cnc[nH]1)NN. The van der Waals surface area contributed by atoms with Crippen LogP contribution in [0.15, 0.2) is 12.5 Å². The van der Waals surface area contributed by atoms with Crippen LogP contribution in [0.4, 0.5) is 0 Å². The summed E-state index contributed by atoms with van der Waals surface area (Å²) in [5, 5.41) is 0. The zero-order valence-electron chi connectivity index (χ0n) is 6.87. The average Bonchev–Trinajstić information content (AvgIpc) is 2.51. The van der Waals surface area contributed by atoms with Crippen LogP contribution in [-0.4, -0.2) is 21.8 Å². The van der Waals surface area contributed by atoms with E-state index >= 15 is 0 Å². The molecule has 0 amide bonds. The molecule has 0 saturated heterocycles. The summed E-state index contributed by atoms with van der Waals surface area (Å²) in [6, 6.07) is -0.328. The molecule has 4 N–H and O–H groups in total. The van der Waals surface area contributed by atoms with Gasteiger partial charge in [-0.2, -0.15) is 0 Å². The fourth-order valence-electron chi connectivity index (χ4n) is 0.936. The van der Waals surface area contributed by atoms with Gasteiger partial charge < -0.3 is 4.98 Å². The lowest BCUT2D eigenvalue weighted by molar-refractivity contribution is -0.119. The molecule has 0 aliphatic rings. The lowest BCUT2D eigenvalue weighted by Gasteiger charge is -2.09. The lowest BCUT2D eigenvalue weighted by Crippen LogP contribution is -2.41. The average molecular weight is 168 g/mol. The van der Waals surface area contributed by atoms with Crippen LogP contribution in [0.1, 0.15) is 12.6 Å². The highest BCUT2D eigenvalue weighted by molar-refractivity contribution is 5.81. The Morgan fingerprint density at radius 3 is 3.08 bits per heavy atom. The van der Waals surface area contributed by atoms with Crippen LogP contribution in [0.2, 0.25) is 0 Å². The lowest BCUT2D eigenvalue weighted by atomic mass is 10.1. The fourth-order valence-corrected chi connectivity index (χ4v) is 0.936. The van der Waals surface area contributed by atoms with Crippen molar-refractivity contribution in [2.24, 2.45) is 5.84 Å². The third kappa shape index (κ3) is 2.14. The number of rotatable bonds is 4. The smallest absolute Gasteiger partial charge is 0.148 e. The molecule has 5 heteroatoms. The molecule has 0 saturated carbocycles. The van der Waals surface area contributed by atoms with E-state index < -0.39 is 0 Å². The van der Waals surface area contributed by atoms with Crippen molar-refractivity contribution in [1.29, 1.82) is 0 Å². The van der Waals surface area contributed by atoms with E-state index in [1.54, 1.807) is 12.5 Å². The molecule has 1 atom stereocenters. The highest BCUT2D eigenvalue weighted by Gasteiger charge is 2.12. The van der Waals surface area contributed by atoms with Crippen LogP contribution in [0.3, 0.4) is 0 Å². The number of aromatic amines is 1. The van der Waals surface area contributed by atoms with Gasteiger partial charge in [0.2, 0.25) is 0 Å². The molecule has 0 aliphatic heterocycles. The number of H-pyrrole nitrogens is 1. The number of nitrogens with zero attached hydrogens (tertiary/aromatic N) is 1. The Morgan fingerprint density at radius 2 is 2.67 bits per heavy atom. The minimum Gasteiger partial charge on any atom is -0.348 e. The minimum atomic E-state index is -0.328. The Kier molecular flexibility index (Phi) is 2.95. The van der Waals surface area contributed by atoms with E-state index in [4.69, 9.17) is 5.84 Å². The van der Waals surface area contributed by atoms with Crippen molar-refractivity contribution in [2.45, 2.75) is 19.4 Å². The summed E-state index contributed by atoms with van der Waals surface area (Å²) >= 11 is 0. The monoisotopic (exact) mass is 168 g/mol. The Morgan fingerprint density at radius 1 is 1.92 bits per heavy atom. The van der Waals surface area contributed by atoms with Gasteiger partial charge in [0, 0.05) is 18.3 Å². The number of carbonyl (C=O) groups excluding carboxylic acids is 1. The second-order valence-corrected chi connectivity index (χ2v) is 2.61. The van der Waals surface area contributed by atoms with Gasteiger partial charge >= 0.3 is 0 Å². The highest BCUT2D eigenvalue weighted by Crippen LogP contribution is 1.97. The molecule has 0 fully saturated rings. The van der Waals surface area contributed by atoms with Crippen LogP contribution in [0, 0.1) is 0 Å². The van der Waals surface area contributed by atoms with Crippen molar-refractivity contribution < 1.29 is 4.79 Å². The molecule has 1 heterocycles. The number of ketones is 1. The van der Waals surface area contributed by atoms with Crippen LogP contribution in [0.5, 0.6) is 0 Å². The normalized spacial score (nSPS) is 12.8. The number of hydrogen-bond acceptors (Lipinski definition) is 4. The first-order chi connectivity index (χ1) is 5.74. The second-order valence-electron chi connectivity index (χ2n) is 2.61. The summed E-state index contributed by atoms with van der Waals surface area (Å²) in [6.07, 6.45) is 3.79. The molecule has 0 spiro atoms. The van der Waals surface area contributed by atoms with E-state index in [-0.39, 0.29) is 11.8 Å². The molecule has 0 unspecified atom stereocenters. The standard InChI is InChI=1S/C7H12N4O/c1-5(12)7(11-8)2-6-3-9-4-10-6/h3-4,7,11H,2,8H2,1H3,(H,9,10)/t7-/m0/s1. The maximum Gasteiger partial charge on any atom is 0.148 e. The Balaban J connectivity index is 2.54. The number of hydrogen-bond donors (Lipinski definition) is 3. The van der Waals surface area contributed by atoms with Gasteiger partial charge in [0.05, 0.1) is 12.4 Å². The van der Waals surface area contributed by atoms with Gasteiger partial charge in [-0.3, -0.25) is 10.6 Å².